The van der Waals surface area contributed by atoms with Crippen LogP contribution in [0.2, 0.25) is 5.28 Å². The van der Waals surface area contributed by atoms with Crippen molar-refractivity contribution in [2.45, 2.75) is 0 Å². The molecule has 5 nitrogen and oxygen atoms in total. The smallest absolute Gasteiger partial charge is 0.226 e. The van der Waals surface area contributed by atoms with E-state index in [1.165, 1.54) is 12.4 Å². The number of aromatic amines is 1. The lowest BCUT2D eigenvalue weighted by molar-refractivity contribution is 0.631. The Morgan fingerprint density at radius 1 is 1.32 bits per heavy atom. The first-order valence-corrected chi connectivity index (χ1v) is 6.39. The molecule has 0 radical (unpaired) electrons. The highest BCUT2D eigenvalue weighted by Gasteiger charge is 2.11. The lowest BCUT2D eigenvalue weighted by atomic mass is 10.3. The largest absolute Gasteiger partial charge is 0.340 e. The molecule has 0 aliphatic carbocycles. The summed E-state index contributed by atoms with van der Waals surface area (Å²) in [6.07, 6.45) is 1.47. The highest BCUT2D eigenvalue weighted by molar-refractivity contribution is 9.10. The fourth-order valence-electron chi connectivity index (χ4n) is 1.62. The van der Waals surface area contributed by atoms with E-state index in [1.54, 1.807) is 12.1 Å². The van der Waals surface area contributed by atoms with Gasteiger partial charge in [0.15, 0.2) is 11.5 Å². The van der Waals surface area contributed by atoms with Crippen molar-refractivity contribution < 1.29 is 4.39 Å². The molecule has 0 amide bonds. The molecule has 0 saturated heterocycles. The van der Waals surface area contributed by atoms with Gasteiger partial charge in [-0.05, 0) is 29.8 Å². The fraction of sp³-hybridized carbons (Fsp3) is 0. The summed E-state index contributed by atoms with van der Waals surface area (Å²) in [5, 5.41) is 2.91. The zero-order valence-corrected chi connectivity index (χ0v) is 11.6. The van der Waals surface area contributed by atoms with Crippen LogP contribution in [-0.2, 0) is 0 Å². The van der Waals surface area contributed by atoms with Crippen LogP contribution in [0.4, 0.5) is 15.9 Å². The number of benzene rings is 1. The van der Waals surface area contributed by atoms with Gasteiger partial charge in [0, 0.05) is 4.47 Å². The maximum atomic E-state index is 13.7. The maximum Gasteiger partial charge on any atom is 0.226 e. The van der Waals surface area contributed by atoms with Gasteiger partial charge in [-0.3, -0.25) is 0 Å². The molecule has 0 aliphatic heterocycles. The van der Waals surface area contributed by atoms with Gasteiger partial charge < -0.3 is 10.3 Å². The minimum Gasteiger partial charge on any atom is -0.340 e. The van der Waals surface area contributed by atoms with Crippen molar-refractivity contribution in [2.75, 3.05) is 5.32 Å². The number of hydrogen-bond acceptors (Lipinski definition) is 4. The van der Waals surface area contributed by atoms with E-state index >= 15 is 0 Å². The van der Waals surface area contributed by atoms with Crippen LogP contribution in [-0.4, -0.2) is 19.9 Å². The number of aromatic nitrogens is 4. The van der Waals surface area contributed by atoms with Crippen LogP contribution in [0.15, 0.2) is 29.0 Å². The summed E-state index contributed by atoms with van der Waals surface area (Å²) in [5.41, 5.74) is 1.25. The molecule has 0 atom stereocenters. The molecule has 8 heteroatoms. The van der Waals surface area contributed by atoms with Crippen molar-refractivity contribution in [1.82, 2.24) is 19.9 Å². The molecule has 0 unspecified atom stereocenters. The number of nitrogens with one attached hydrogen (secondary N) is 2. The first kappa shape index (κ1) is 12.3. The Labute approximate surface area is 120 Å². The van der Waals surface area contributed by atoms with Gasteiger partial charge in [0.05, 0.1) is 12.0 Å². The summed E-state index contributed by atoms with van der Waals surface area (Å²) in [5.74, 6) is -0.0323. The number of hydrogen-bond donors (Lipinski definition) is 2. The molecule has 0 bridgehead atoms. The fourth-order valence-corrected chi connectivity index (χ4v) is 2.14. The lowest BCUT2D eigenvalue weighted by Gasteiger charge is -2.08. The Kier molecular flexibility index (Phi) is 3.08. The third kappa shape index (κ3) is 2.39. The van der Waals surface area contributed by atoms with Crippen LogP contribution in [0.25, 0.3) is 11.2 Å². The number of halogens is 3. The molecule has 2 N–H and O–H groups in total. The summed E-state index contributed by atoms with van der Waals surface area (Å²) >= 11 is 9.08. The summed E-state index contributed by atoms with van der Waals surface area (Å²) in [7, 11) is 0. The molecule has 3 aromatic rings. The molecule has 1 aromatic carbocycles. The molecular formula is C11H6BrClFN5. The highest BCUT2D eigenvalue weighted by atomic mass is 79.9. The van der Waals surface area contributed by atoms with E-state index in [2.05, 4.69) is 41.2 Å². The normalized spacial score (nSPS) is 10.9. The second-order valence-electron chi connectivity index (χ2n) is 3.69. The van der Waals surface area contributed by atoms with Gasteiger partial charge >= 0.3 is 0 Å². The van der Waals surface area contributed by atoms with Crippen molar-refractivity contribution in [2.24, 2.45) is 0 Å². The Morgan fingerprint density at radius 2 is 2.16 bits per heavy atom. The summed E-state index contributed by atoms with van der Waals surface area (Å²) < 4.78 is 14.4. The second-order valence-corrected chi connectivity index (χ2v) is 4.95. The Balaban J connectivity index is 2.10. The van der Waals surface area contributed by atoms with E-state index in [-0.39, 0.29) is 11.0 Å². The number of rotatable bonds is 2. The summed E-state index contributed by atoms with van der Waals surface area (Å²) in [6.45, 7) is 0. The monoisotopic (exact) mass is 341 g/mol. The van der Waals surface area contributed by atoms with E-state index in [0.717, 1.165) is 4.47 Å². The summed E-state index contributed by atoms with van der Waals surface area (Å²) in [6, 6.07) is 4.56. The lowest BCUT2D eigenvalue weighted by Crippen LogP contribution is -1.99. The van der Waals surface area contributed by atoms with Gasteiger partial charge in [-0.15, -0.1) is 0 Å². The zero-order chi connectivity index (χ0) is 13.4. The van der Waals surface area contributed by atoms with Gasteiger partial charge in [-0.2, -0.15) is 9.97 Å². The minimum absolute atomic E-state index is 0.0394. The zero-order valence-electron chi connectivity index (χ0n) is 9.28. The van der Waals surface area contributed by atoms with E-state index in [4.69, 9.17) is 11.6 Å². The van der Waals surface area contributed by atoms with E-state index in [9.17, 15) is 4.39 Å². The van der Waals surface area contributed by atoms with Gasteiger partial charge in [0.2, 0.25) is 5.28 Å². The van der Waals surface area contributed by atoms with Crippen molar-refractivity contribution in [3.63, 3.8) is 0 Å². The number of nitrogens with zero attached hydrogens (tertiary/aromatic N) is 3. The molecule has 2 aromatic heterocycles. The molecule has 0 aliphatic rings. The predicted molar refractivity (Wildman–Crippen MR) is 74.1 cm³/mol. The van der Waals surface area contributed by atoms with E-state index in [0.29, 0.717) is 17.0 Å². The number of anilines is 2. The number of imidazole rings is 1. The van der Waals surface area contributed by atoms with Gasteiger partial charge in [-0.1, -0.05) is 15.9 Å². The standard InChI is InChI=1S/C11H6BrClFN5/c12-5-1-2-6(14)7(3-5)17-10-8-9(16-4-15-8)18-11(13)19-10/h1-4H,(H2,15,16,17,18,19). The molecule has 0 spiro atoms. The van der Waals surface area contributed by atoms with Crippen molar-refractivity contribution in [1.29, 1.82) is 0 Å². The topological polar surface area (TPSA) is 66.5 Å². The van der Waals surface area contributed by atoms with Crippen LogP contribution >= 0.6 is 27.5 Å². The van der Waals surface area contributed by atoms with Gasteiger partial charge in [-0.25, -0.2) is 9.37 Å². The Hall–Kier alpha value is -1.73. The molecule has 96 valence electrons. The van der Waals surface area contributed by atoms with E-state index in [1.807, 2.05) is 0 Å². The molecule has 3 rings (SSSR count). The highest BCUT2D eigenvalue weighted by Crippen LogP contribution is 2.26. The van der Waals surface area contributed by atoms with Crippen LogP contribution in [0, 0.1) is 5.82 Å². The van der Waals surface area contributed by atoms with Gasteiger partial charge in [0.25, 0.3) is 0 Å². The SMILES string of the molecule is Fc1ccc(Br)cc1Nc1nc(Cl)nc2nc[nH]c12. The average Bonchev–Trinajstić information content (AvgIpc) is 2.82. The third-order valence-electron chi connectivity index (χ3n) is 2.44. The third-order valence-corrected chi connectivity index (χ3v) is 3.10. The van der Waals surface area contributed by atoms with Crippen molar-refractivity contribution in [3.8, 4) is 0 Å². The molecule has 2 heterocycles. The molecule has 0 saturated carbocycles. The first-order chi connectivity index (χ1) is 9.13. The van der Waals surface area contributed by atoms with Crippen molar-refractivity contribution in [3.05, 3.63) is 40.1 Å². The van der Waals surface area contributed by atoms with Gasteiger partial charge in [0.1, 0.15) is 11.3 Å². The second kappa shape index (κ2) is 4.75. The van der Waals surface area contributed by atoms with Crippen LogP contribution in [0.1, 0.15) is 0 Å². The quantitative estimate of drug-likeness (QED) is 0.698. The first-order valence-electron chi connectivity index (χ1n) is 5.22. The Morgan fingerprint density at radius 3 is 3.00 bits per heavy atom. The predicted octanol–water partition coefficient (Wildman–Crippen LogP) is 3.65. The summed E-state index contributed by atoms with van der Waals surface area (Å²) in [4.78, 5) is 14.8. The number of H-pyrrole nitrogens is 1. The van der Waals surface area contributed by atoms with E-state index < -0.39 is 5.82 Å². The average molecular weight is 343 g/mol. The molecule has 0 fully saturated rings. The molecular weight excluding hydrogens is 337 g/mol. The number of fused-ring (bicyclic) bond motifs is 1. The minimum atomic E-state index is -0.398. The van der Waals surface area contributed by atoms with Crippen LogP contribution in [0.5, 0.6) is 0 Å². The molecule has 19 heavy (non-hydrogen) atoms. The van der Waals surface area contributed by atoms with Crippen LogP contribution < -0.4 is 5.32 Å². The van der Waals surface area contributed by atoms with Crippen molar-refractivity contribution >= 4 is 50.2 Å². The van der Waals surface area contributed by atoms with Crippen LogP contribution in [0.3, 0.4) is 0 Å². The Bertz CT molecular complexity index is 760. The maximum absolute atomic E-state index is 13.7.